The van der Waals surface area contributed by atoms with Gasteiger partial charge in [-0.2, -0.15) is 0 Å². The molecule has 0 unspecified atom stereocenters. The van der Waals surface area contributed by atoms with Gasteiger partial charge in [0.25, 0.3) is 0 Å². The van der Waals surface area contributed by atoms with E-state index in [9.17, 15) is 8.42 Å². The number of benzene rings is 1. The molecule has 1 aliphatic rings. The highest BCUT2D eigenvalue weighted by Gasteiger charge is 2.12. The van der Waals surface area contributed by atoms with Crippen LogP contribution in [0.25, 0.3) is 0 Å². The van der Waals surface area contributed by atoms with Crippen LogP contribution in [0.3, 0.4) is 0 Å². The van der Waals surface area contributed by atoms with Crippen LogP contribution in [0.5, 0.6) is 5.75 Å². The monoisotopic (exact) mass is 312 g/mol. The average molecular weight is 312 g/mol. The molecule has 0 bridgehead atoms. The van der Waals surface area contributed by atoms with E-state index in [1.807, 2.05) is 25.1 Å². The number of nitrogens with zero attached hydrogens (tertiary/aromatic N) is 1. The molecular formula is C15H24N2O3S. The number of rotatable bonds is 7. The van der Waals surface area contributed by atoms with Crippen LogP contribution < -0.4 is 15.0 Å². The zero-order chi connectivity index (χ0) is 15.1. The quantitative estimate of drug-likeness (QED) is 0.822. The lowest BCUT2D eigenvalue weighted by Gasteiger charge is -2.29. The lowest BCUT2D eigenvalue weighted by Crippen LogP contribution is -2.43. The zero-order valence-electron chi connectivity index (χ0n) is 12.5. The normalized spacial score (nSPS) is 16.0. The van der Waals surface area contributed by atoms with Crippen molar-refractivity contribution in [3.05, 3.63) is 24.3 Å². The predicted molar refractivity (Wildman–Crippen MR) is 86.0 cm³/mol. The van der Waals surface area contributed by atoms with Gasteiger partial charge in [0.2, 0.25) is 0 Å². The van der Waals surface area contributed by atoms with E-state index in [0.29, 0.717) is 6.42 Å². The van der Waals surface area contributed by atoms with Crippen LogP contribution >= 0.6 is 0 Å². The molecule has 0 amide bonds. The van der Waals surface area contributed by atoms with E-state index in [2.05, 4.69) is 16.3 Å². The highest BCUT2D eigenvalue weighted by molar-refractivity contribution is 7.91. The van der Waals surface area contributed by atoms with Crippen molar-refractivity contribution in [3.63, 3.8) is 0 Å². The Hall–Kier alpha value is -1.27. The third-order valence-corrected chi connectivity index (χ3v) is 5.30. The Kier molecular flexibility index (Phi) is 5.87. The molecule has 1 fully saturated rings. The molecule has 0 radical (unpaired) electrons. The van der Waals surface area contributed by atoms with Crippen LogP contribution in [0.1, 0.15) is 13.3 Å². The third-order valence-electron chi connectivity index (χ3n) is 3.48. The summed E-state index contributed by atoms with van der Waals surface area (Å²) in [6.45, 7) is 6.02. The summed E-state index contributed by atoms with van der Waals surface area (Å²) < 4.78 is 28.9. The van der Waals surface area contributed by atoms with E-state index in [-0.39, 0.29) is 18.1 Å². The van der Waals surface area contributed by atoms with E-state index in [0.717, 1.165) is 37.6 Å². The molecule has 2 rings (SSSR count). The lowest BCUT2D eigenvalue weighted by molar-refractivity contribution is 0.341. The first-order valence-electron chi connectivity index (χ1n) is 7.50. The van der Waals surface area contributed by atoms with Crippen LogP contribution in [0.15, 0.2) is 24.3 Å². The predicted octanol–water partition coefficient (Wildman–Crippen LogP) is 1.30. The third kappa shape index (κ3) is 5.21. The molecule has 1 heterocycles. The molecule has 1 aromatic carbocycles. The van der Waals surface area contributed by atoms with Gasteiger partial charge in [0.1, 0.15) is 12.4 Å². The lowest BCUT2D eigenvalue weighted by atomic mass is 10.2. The van der Waals surface area contributed by atoms with Crippen molar-refractivity contribution >= 4 is 15.5 Å². The first-order chi connectivity index (χ1) is 10.1. The first kappa shape index (κ1) is 16.1. The van der Waals surface area contributed by atoms with Gasteiger partial charge < -0.3 is 15.0 Å². The number of nitrogens with one attached hydrogen (secondary N) is 1. The van der Waals surface area contributed by atoms with E-state index in [1.54, 1.807) is 0 Å². The second-order valence-corrected chi connectivity index (χ2v) is 7.54. The van der Waals surface area contributed by atoms with Crippen molar-refractivity contribution in [2.45, 2.75) is 13.3 Å². The van der Waals surface area contributed by atoms with E-state index in [1.165, 1.54) is 0 Å². The number of hydrogen-bond acceptors (Lipinski definition) is 5. The molecule has 0 aliphatic carbocycles. The molecule has 1 aromatic rings. The summed E-state index contributed by atoms with van der Waals surface area (Å²) in [7, 11) is -2.98. The van der Waals surface area contributed by atoms with Crippen LogP contribution in [-0.4, -0.2) is 52.7 Å². The smallest absolute Gasteiger partial charge is 0.153 e. The summed E-state index contributed by atoms with van der Waals surface area (Å²) in [6, 6.07) is 7.87. The summed E-state index contributed by atoms with van der Waals surface area (Å²) in [5.74, 6) is 1.05. The molecule has 0 aromatic heterocycles. The van der Waals surface area contributed by atoms with E-state index in [4.69, 9.17) is 4.74 Å². The molecule has 0 spiro atoms. The van der Waals surface area contributed by atoms with Gasteiger partial charge in [0.05, 0.1) is 11.5 Å². The van der Waals surface area contributed by atoms with Gasteiger partial charge >= 0.3 is 0 Å². The van der Waals surface area contributed by atoms with Crippen molar-refractivity contribution in [1.82, 2.24) is 5.32 Å². The minimum Gasteiger partial charge on any atom is -0.492 e. The Balaban J connectivity index is 1.89. The number of ether oxygens (including phenoxy) is 1. The molecule has 1 N–H and O–H groups in total. The molecule has 0 saturated carbocycles. The molecular weight excluding hydrogens is 288 g/mol. The summed E-state index contributed by atoms with van der Waals surface area (Å²) >= 11 is 0. The summed E-state index contributed by atoms with van der Waals surface area (Å²) in [4.78, 5) is 2.30. The van der Waals surface area contributed by atoms with Crippen LogP contribution in [0, 0.1) is 0 Å². The van der Waals surface area contributed by atoms with Gasteiger partial charge in [-0.1, -0.05) is 13.0 Å². The Morgan fingerprint density at radius 3 is 2.71 bits per heavy atom. The van der Waals surface area contributed by atoms with Gasteiger partial charge in [-0.25, -0.2) is 8.42 Å². The van der Waals surface area contributed by atoms with Gasteiger partial charge in [0, 0.05) is 37.9 Å². The van der Waals surface area contributed by atoms with Crippen LogP contribution in [-0.2, 0) is 9.84 Å². The summed E-state index contributed by atoms with van der Waals surface area (Å²) in [5.41, 5.74) is 1.13. The highest BCUT2D eigenvalue weighted by atomic mass is 32.2. The Morgan fingerprint density at radius 2 is 2.00 bits per heavy atom. The maximum absolute atomic E-state index is 11.6. The van der Waals surface area contributed by atoms with E-state index < -0.39 is 9.84 Å². The maximum Gasteiger partial charge on any atom is 0.153 e. The van der Waals surface area contributed by atoms with E-state index >= 15 is 0 Å². The fourth-order valence-corrected chi connectivity index (χ4v) is 3.56. The maximum atomic E-state index is 11.6. The van der Waals surface area contributed by atoms with Gasteiger partial charge in [-0.3, -0.25) is 0 Å². The van der Waals surface area contributed by atoms with Crippen molar-refractivity contribution in [3.8, 4) is 5.75 Å². The zero-order valence-corrected chi connectivity index (χ0v) is 13.4. The Labute approximate surface area is 127 Å². The summed E-state index contributed by atoms with van der Waals surface area (Å²) in [6.07, 6.45) is 0.654. The fraction of sp³-hybridized carbons (Fsp3) is 0.600. The largest absolute Gasteiger partial charge is 0.492 e. The second kappa shape index (κ2) is 7.66. The molecule has 5 nitrogen and oxygen atoms in total. The molecule has 0 atom stereocenters. The average Bonchev–Trinajstić information content (AvgIpc) is 2.48. The van der Waals surface area contributed by atoms with Crippen molar-refractivity contribution < 1.29 is 13.2 Å². The topological polar surface area (TPSA) is 58.6 Å². The fourth-order valence-electron chi connectivity index (χ4n) is 2.39. The second-order valence-electron chi connectivity index (χ2n) is 5.23. The number of sulfone groups is 1. The summed E-state index contributed by atoms with van der Waals surface area (Å²) in [5, 5.41) is 3.32. The number of anilines is 1. The van der Waals surface area contributed by atoms with Crippen molar-refractivity contribution in [2.24, 2.45) is 0 Å². The standard InChI is InChI=1S/C15H24N2O3S/c1-2-11-21(18,19)12-10-20-15-5-3-4-14(13-15)17-8-6-16-7-9-17/h3-5,13,16H,2,6-12H2,1H3. The molecule has 6 heteroatoms. The molecule has 21 heavy (non-hydrogen) atoms. The van der Waals surface area contributed by atoms with Gasteiger partial charge in [-0.05, 0) is 18.6 Å². The Morgan fingerprint density at radius 1 is 1.24 bits per heavy atom. The highest BCUT2D eigenvalue weighted by Crippen LogP contribution is 2.21. The van der Waals surface area contributed by atoms with Gasteiger partial charge in [-0.15, -0.1) is 0 Å². The molecule has 1 saturated heterocycles. The van der Waals surface area contributed by atoms with Crippen molar-refractivity contribution in [1.29, 1.82) is 0 Å². The van der Waals surface area contributed by atoms with Crippen molar-refractivity contribution in [2.75, 3.05) is 49.2 Å². The number of hydrogen-bond donors (Lipinski definition) is 1. The Bertz CT molecular complexity index is 540. The molecule has 118 valence electrons. The number of piperazine rings is 1. The minimum atomic E-state index is -2.98. The van der Waals surface area contributed by atoms with Crippen LogP contribution in [0.4, 0.5) is 5.69 Å². The first-order valence-corrected chi connectivity index (χ1v) is 9.32. The van der Waals surface area contributed by atoms with Gasteiger partial charge in [0.15, 0.2) is 9.84 Å². The SMILES string of the molecule is CCCS(=O)(=O)CCOc1cccc(N2CCNCC2)c1. The molecule has 1 aliphatic heterocycles. The van der Waals surface area contributed by atoms with Crippen LogP contribution in [0.2, 0.25) is 0 Å². The minimum absolute atomic E-state index is 0.0820.